The molecule has 0 spiro atoms. The number of aromatic nitrogens is 1. The SMILES string of the molecule is CCOC(=O)N1CCC(NCc2c(C(=O)O)c(C)n(Cc3ccccc3C)c2C)CC1. The fourth-order valence-electron chi connectivity index (χ4n) is 4.37. The Balaban J connectivity index is 1.72. The summed E-state index contributed by atoms with van der Waals surface area (Å²) >= 11 is 0. The summed E-state index contributed by atoms with van der Waals surface area (Å²) in [6, 6.07) is 8.43. The van der Waals surface area contributed by atoms with Gasteiger partial charge < -0.3 is 24.6 Å². The summed E-state index contributed by atoms with van der Waals surface area (Å²) in [5, 5.41) is 13.4. The van der Waals surface area contributed by atoms with Crippen LogP contribution in [0.3, 0.4) is 0 Å². The Morgan fingerprint density at radius 1 is 1.13 bits per heavy atom. The molecule has 31 heavy (non-hydrogen) atoms. The number of amides is 1. The summed E-state index contributed by atoms with van der Waals surface area (Å²) in [5.74, 6) is -0.891. The van der Waals surface area contributed by atoms with E-state index in [1.54, 1.807) is 4.90 Å². The Bertz CT molecular complexity index is 943. The normalized spacial score (nSPS) is 14.6. The first-order valence-corrected chi connectivity index (χ1v) is 10.9. The van der Waals surface area contributed by atoms with Gasteiger partial charge in [-0.1, -0.05) is 24.3 Å². The van der Waals surface area contributed by atoms with Crippen LogP contribution in [0.1, 0.15) is 58.2 Å². The standard InChI is InChI=1S/C24H33N3O4/c1-5-31-24(30)26-12-10-20(11-13-26)25-14-21-17(3)27(18(4)22(21)23(28)29)15-19-9-7-6-8-16(19)2/h6-9,20,25H,5,10-15H2,1-4H3,(H,28,29). The van der Waals surface area contributed by atoms with Gasteiger partial charge in [0.2, 0.25) is 0 Å². The summed E-state index contributed by atoms with van der Waals surface area (Å²) in [7, 11) is 0. The maximum atomic E-state index is 12.1. The van der Waals surface area contributed by atoms with E-state index in [4.69, 9.17) is 4.74 Å². The number of hydrogen-bond acceptors (Lipinski definition) is 4. The predicted molar refractivity (Wildman–Crippen MR) is 120 cm³/mol. The van der Waals surface area contributed by atoms with E-state index < -0.39 is 5.97 Å². The maximum Gasteiger partial charge on any atom is 0.409 e. The van der Waals surface area contributed by atoms with E-state index in [2.05, 4.69) is 28.9 Å². The van der Waals surface area contributed by atoms with Gasteiger partial charge in [0.1, 0.15) is 0 Å². The van der Waals surface area contributed by atoms with Gasteiger partial charge in [-0.05, 0) is 51.7 Å². The number of carboxylic acids is 1. The number of carbonyl (C=O) groups excluding carboxylic acids is 1. The number of hydrogen-bond donors (Lipinski definition) is 2. The van der Waals surface area contributed by atoms with Crippen molar-refractivity contribution in [3.8, 4) is 0 Å². The van der Waals surface area contributed by atoms with Gasteiger partial charge >= 0.3 is 12.1 Å². The van der Waals surface area contributed by atoms with Crippen molar-refractivity contribution in [3.63, 3.8) is 0 Å². The summed E-state index contributed by atoms with van der Waals surface area (Å²) in [5.41, 5.74) is 5.37. The maximum absolute atomic E-state index is 12.1. The second-order valence-corrected chi connectivity index (χ2v) is 8.18. The highest BCUT2D eigenvalue weighted by atomic mass is 16.6. The molecule has 1 aliphatic rings. The molecular weight excluding hydrogens is 394 g/mol. The molecule has 0 saturated carbocycles. The van der Waals surface area contributed by atoms with Crippen molar-refractivity contribution in [1.29, 1.82) is 0 Å². The molecule has 0 atom stereocenters. The number of ether oxygens (including phenoxy) is 1. The quantitative estimate of drug-likeness (QED) is 0.701. The summed E-state index contributed by atoms with van der Waals surface area (Å²) in [4.78, 5) is 25.7. The van der Waals surface area contributed by atoms with E-state index in [9.17, 15) is 14.7 Å². The fourth-order valence-corrected chi connectivity index (χ4v) is 4.37. The summed E-state index contributed by atoms with van der Waals surface area (Å²) in [6.45, 7) is 10.6. The first-order chi connectivity index (χ1) is 14.8. The van der Waals surface area contributed by atoms with Crippen LogP contribution in [0.15, 0.2) is 24.3 Å². The molecule has 1 aliphatic heterocycles. The number of rotatable bonds is 7. The Hall–Kier alpha value is -2.80. The number of nitrogens with zero attached hydrogens (tertiary/aromatic N) is 2. The zero-order valence-corrected chi connectivity index (χ0v) is 18.9. The van der Waals surface area contributed by atoms with Crippen LogP contribution in [0.5, 0.6) is 0 Å². The van der Waals surface area contributed by atoms with Gasteiger partial charge in [0, 0.05) is 49.2 Å². The van der Waals surface area contributed by atoms with Crippen LogP contribution in [0.25, 0.3) is 0 Å². The molecule has 2 heterocycles. The molecule has 1 saturated heterocycles. The Kier molecular flexibility index (Phi) is 7.38. The Labute approximate surface area is 184 Å². The molecule has 2 aromatic rings. The second-order valence-electron chi connectivity index (χ2n) is 8.18. The minimum absolute atomic E-state index is 0.242. The molecule has 1 aromatic heterocycles. The molecule has 168 valence electrons. The molecule has 1 amide bonds. The summed E-state index contributed by atoms with van der Waals surface area (Å²) in [6.07, 6.45) is 1.39. The van der Waals surface area contributed by atoms with Crippen LogP contribution in [0, 0.1) is 20.8 Å². The van der Waals surface area contributed by atoms with Crippen molar-refractivity contribution in [2.24, 2.45) is 0 Å². The number of aryl methyl sites for hydroxylation is 1. The molecule has 3 rings (SSSR count). The van der Waals surface area contributed by atoms with Crippen LogP contribution in [0.4, 0.5) is 4.79 Å². The van der Waals surface area contributed by atoms with E-state index in [0.29, 0.717) is 38.3 Å². The van der Waals surface area contributed by atoms with Gasteiger partial charge in [-0.15, -0.1) is 0 Å². The molecule has 7 heteroatoms. The van der Waals surface area contributed by atoms with Gasteiger partial charge in [0.15, 0.2) is 0 Å². The van der Waals surface area contributed by atoms with Gasteiger partial charge in [-0.3, -0.25) is 0 Å². The highest BCUT2D eigenvalue weighted by molar-refractivity contribution is 5.91. The third kappa shape index (κ3) is 5.10. The predicted octanol–water partition coefficient (Wildman–Crippen LogP) is 3.87. The van der Waals surface area contributed by atoms with Gasteiger partial charge in [0.25, 0.3) is 0 Å². The topological polar surface area (TPSA) is 83.8 Å². The van der Waals surface area contributed by atoms with E-state index in [1.165, 1.54) is 11.1 Å². The molecule has 1 aromatic carbocycles. The Morgan fingerprint density at radius 2 is 1.81 bits per heavy atom. The average molecular weight is 428 g/mol. The smallest absolute Gasteiger partial charge is 0.409 e. The van der Waals surface area contributed by atoms with E-state index in [0.717, 1.165) is 29.8 Å². The lowest BCUT2D eigenvalue weighted by atomic mass is 10.0. The van der Waals surface area contributed by atoms with E-state index >= 15 is 0 Å². The molecule has 7 nitrogen and oxygen atoms in total. The molecule has 0 bridgehead atoms. The lowest BCUT2D eigenvalue weighted by Crippen LogP contribution is -2.45. The number of carbonyl (C=O) groups is 2. The first kappa shape index (κ1) is 22.9. The fraction of sp³-hybridized carbons (Fsp3) is 0.500. The molecule has 0 unspecified atom stereocenters. The Morgan fingerprint density at radius 3 is 2.42 bits per heavy atom. The number of nitrogens with one attached hydrogen (secondary N) is 1. The second kappa shape index (κ2) is 10.0. The summed E-state index contributed by atoms with van der Waals surface area (Å²) < 4.78 is 7.18. The van der Waals surface area contributed by atoms with Crippen molar-refractivity contribution in [3.05, 3.63) is 57.9 Å². The van der Waals surface area contributed by atoms with Gasteiger partial charge in [0.05, 0.1) is 12.2 Å². The highest BCUT2D eigenvalue weighted by Crippen LogP contribution is 2.25. The van der Waals surface area contributed by atoms with Crippen LogP contribution in [0.2, 0.25) is 0 Å². The van der Waals surface area contributed by atoms with E-state index in [-0.39, 0.29) is 12.1 Å². The minimum atomic E-state index is -0.891. The van der Waals surface area contributed by atoms with Crippen molar-refractivity contribution in [2.75, 3.05) is 19.7 Å². The highest BCUT2D eigenvalue weighted by Gasteiger charge is 2.26. The van der Waals surface area contributed by atoms with Crippen molar-refractivity contribution in [2.45, 2.75) is 59.7 Å². The molecular formula is C24H33N3O4. The number of aromatic carboxylic acids is 1. The van der Waals surface area contributed by atoms with Gasteiger partial charge in [-0.25, -0.2) is 9.59 Å². The molecule has 0 aliphatic carbocycles. The van der Waals surface area contributed by atoms with Crippen molar-refractivity contribution >= 4 is 12.1 Å². The zero-order valence-electron chi connectivity index (χ0n) is 18.9. The van der Waals surface area contributed by atoms with Crippen LogP contribution < -0.4 is 5.32 Å². The third-order valence-corrected chi connectivity index (χ3v) is 6.30. The van der Waals surface area contributed by atoms with Crippen LogP contribution in [-0.4, -0.2) is 52.4 Å². The third-order valence-electron chi connectivity index (χ3n) is 6.30. The first-order valence-electron chi connectivity index (χ1n) is 10.9. The minimum Gasteiger partial charge on any atom is -0.478 e. The monoisotopic (exact) mass is 427 g/mol. The van der Waals surface area contributed by atoms with Crippen molar-refractivity contribution < 1.29 is 19.4 Å². The number of carboxylic acid groups (broad SMARTS) is 1. The number of likely N-dealkylation sites (tertiary alicyclic amines) is 1. The van der Waals surface area contributed by atoms with E-state index in [1.807, 2.05) is 32.9 Å². The van der Waals surface area contributed by atoms with Crippen molar-refractivity contribution in [1.82, 2.24) is 14.8 Å². The largest absolute Gasteiger partial charge is 0.478 e. The molecule has 0 radical (unpaired) electrons. The lowest BCUT2D eigenvalue weighted by Gasteiger charge is -2.31. The molecule has 2 N–H and O–H groups in total. The zero-order chi connectivity index (χ0) is 22.5. The average Bonchev–Trinajstić information content (AvgIpc) is 2.98. The van der Waals surface area contributed by atoms with Crippen LogP contribution in [-0.2, 0) is 17.8 Å². The number of benzene rings is 1. The lowest BCUT2D eigenvalue weighted by molar-refractivity contribution is 0.0693. The van der Waals surface area contributed by atoms with Gasteiger partial charge in [-0.2, -0.15) is 0 Å². The molecule has 1 fully saturated rings. The number of piperidine rings is 1. The van der Waals surface area contributed by atoms with Crippen LogP contribution >= 0.6 is 0 Å².